The smallest absolute Gasteiger partial charge is 0.244 e. The van der Waals surface area contributed by atoms with Gasteiger partial charge in [-0.25, -0.2) is 0 Å². The predicted octanol–water partition coefficient (Wildman–Crippen LogP) is 3.94. The lowest BCUT2D eigenvalue weighted by Gasteiger charge is -2.36. The van der Waals surface area contributed by atoms with Crippen molar-refractivity contribution in [1.82, 2.24) is 10.2 Å². The third kappa shape index (κ3) is 4.58. The lowest BCUT2D eigenvalue weighted by atomic mass is 9.97. The quantitative estimate of drug-likeness (QED) is 0.807. The summed E-state index contributed by atoms with van der Waals surface area (Å²) in [5.74, 6) is 1.40. The van der Waals surface area contributed by atoms with Gasteiger partial charge in [-0.05, 0) is 61.5 Å². The van der Waals surface area contributed by atoms with Gasteiger partial charge in [-0.1, -0.05) is 13.0 Å². The first-order valence-corrected chi connectivity index (χ1v) is 9.37. The summed E-state index contributed by atoms with van der Waals surface area (Å²) in [7, 11) is 0. The molecular formula is C19H24N2O2S. The van der Waals surface area contributed by atoms with Gasteiger partial charge >= 0.3 is 0 Å². The first-order valence-electron chi connectivity index (χ1n) is 8.49. The van der Waals surface area contributed by atoms with Crippen LogP contribution in [0.3, 0.4) is 0 Å². The fraction of sp³-hybridized carbons (Fsp3) is 0.421. The zero-order chi connectivity index (χ0) is 16.8. The van der Waals surface area contributed by atoms with E-state index < -0.39 is 0 Å². The van der Waals surface area contributed by atoms with E-state index in [1.54, 1.807) is 23.7 Å². The lowest BCUT2D eigenvalue weighted by Crippen LogP contribution is -2.41. The van der Waals surface area contributed by atoms with E-state index in [0.29, 0.717) is 12.3 Å². The number of nitrogens with zero attached hydrogens (tertiary/aromatic N) is 1. The third-order valence-corrected chi connectivity index (χ3v) is 5.52. The van der Waals surface area contributed by atoms with Crippen LogP contribution in [0.5, 0.6) is 0 Å². The van der Waals surface area contributed by atoms with Crippen molar-refractivity contribution >= 4 is 23.3 Å². The Labute approximate surface area is 147 Å². The number of amides is 1. The first kappa shape index (κ1) is 17.0. The molecule has 1 aliphatic heterocycles. The van der Waals surface area contributed by atoms with Crippen LogP contribution in [-0.2, 0) is 4.79 Å². The molecule has 1 N–H and O–H groups in total. The SMILES string of the molecule is CC1CCN(C(CNC(=O)C=Cc2ccco2)c2cccs2)CC1. The maximum atomic E-state index is 12.1. The van der Waals surface area contributed by atoms with Crippen molar-refractivity contribution in [2.45, 2.75) is 25.8 Å². The summed E-state index contributed by atoms with van der Waals surface area (Å²) < 4.78 is 5.20. The highest BCUT2D eigenvalue weighted by molar-refractivity contribution is 7.10. The summed E-state index contributed by atoms with van der Waals surface area (Å²) in [6.45, 7) is 5.15. The summed E-state index contributed by atoms with van der Waals surface area (Å²) >= 11 is 1.76. The van der Waals surface area contributed by atoms with E-state index >= 15 is 0 Å². The molecule has 0 radical (unpaired) electrons. The zero-order valence-electron chi connectivity index (χ0n) is 14.0. The first-order chi connectivity index (χ1) is 11.7. The van der Waals surface area contributed by atoms with Crippen molar-refractivity contribution in [3.8, 4) is 0 Å². The number of furan rings is 1. The Balaban J connectivity index is 1.59. The van der Waals surface area contributed by atoms with Crippen molar-refractivity contribution < 1.29 is 9.21 Å². The average molecular weight is 344 g/mol. The van der Waals surface area contributed by atoms with Crippen molar-refractivity contribution in [1.29, 1.82) is 0 Å². The highest BCUT2D eigenvalue weighted by Crippen LogP contribution is 2.29. The molecule has 3 heterocycles. The van der Waals surface area contributed by atoms with E-state index in [4.69, 9.17) is 4.42 Å². The van der Waals surface area contributed by atoms with E-state index in [-0.39, 0.29) is 11.9 Å². The minimum absolute atomic E-state index is 0.0849. The monoisotopic (exact) mass is 344 g/mol. The molecule has 0 aromatic carbocycles. The van der Waals surface area contributed by atoms with Gasteiger partial charge in [0.1, 0.15) is 5.76 Å². The molecule has 0 aliphatic carbocycles. The number of likely N-dealkylation sites (tertiary alicyclic amines) is 1. The minimum Gasteiger partial charge on any atom is -0.465 e. The predicted molar refractivity (Wildman–Crippen MR) is 97.8 cm³/mol. The molecule has 1 unspecified atom stereocenters. The van der Waals surface area contributed by atoms with Crippen molar-refractivity contribution in [2.24, 2.45) is 5.92 Å². The van der Waals surface area contributed by atoms with Gasteiger partial charge in [-0.3, -0.25) is 9.69 Å². The topological polar surface area (TPSA) is 45.5 Å². The maximum Gasteiger partial charge on any atom is 0.244 e. The normalized spacial score (nSPS) is 18.0. The molecule has 1 aliphatic rings. The molecule has 24 heavy (non-hydrogen) atoms. The fourth-order valence-corrected chi connectivity index (χ4v) is 3.89. The van der Waals surface area contributed by atoms with Crippen molar-refractivity contribution in [3.05, 3.63) is 52.6 Å². The largest absolute Gasteiger partial charge is 0.465 e. The van der Waals surface area contributed by atoms with Gasteiger partial charge in [0.15, 0.2) is 0 Å². The fourth-order valence-electron chi connectivity index (χ4n) is 3.03. The van der Waals surface area contributed by atoms with E-state index in [1.165, 1.54) is 23.8 Å². The van der Waals surface area contributed by atoms with Gasteiger partial charge in [0.25, 0.3) is 0 Å². The van der Waals surface area contributed by atoms with Crippen LogP contribution in [0, 0.1) is 5.92 Å². The van der Waals surface area contributed by atoms with Crippen molar-refractivity contribution in [2.75, 3.05) is 19.6 Å². The number of piperidine rings is 1. The van der Waals surface area contributed by atoms with Gasteiger partial charge in [-0.15, -0.1) is 11.3 Å². The van der Waals surface area contributed by atoms with Gasteiger partial charge in [0.05, 0.1) is 12.3 Å². The average Bonchev–Trinajstić information content (AvgIpc) is 3.28. The molecular weight excluding hydrogens is 320 g/mol. The Bertz CT molecular complexity index is 641. The highest BCUT2D eigenvalue weighted by Gasteiger charge is 2.25. The second-order valence-electron chi connectivity index (χ2n) is 6.34. The van der Waals surface area contributed by atoms with Crippen LogP contribution in [0.1, 0.15) is 36.4 Å². The van der Waals surface area contributed by atoms with Crippen LogP contribution in [0.2, 0.25) is 0 Å². The summed E-state index contributed by atoms with van der Waals surface area (Å²) in [6.07, 6.45) is 7.28. The number of hydrogen-bond donors (Lipinski definition) is 1. The molecule has 128 valence electrons. The number of hydrogen-bond acceptors (Lipinski definition) is 4. The minimum atomic E-state index is -0.0849. The Morgan fingerprint density at radius 1 is 1.42 bits per heavy atom. The number of carbonyl (C=O) groups is 1. The van der Waals surface area contributed by atoms with Gasteiger partial charge in [0.2, 0.25) is 5.91 Å². The molecule has 0 bridgehead atoms. The molecule has 1 fully saturated rings. The molecule has 0 spiro atoms. The van der Waals surface area contributed by atoms with E-state index in [2.05, 4.69) is 34.7 Å². The molecule has 3 rings (SSSR count). The summed E-state index contributed by atoms with van der Waals surface area (Å²) in [5.41, 5.74) is 0. The van der Waals surface area contributed by atoms with Crippen LogP contribution in [0.4, 0.5) is 0 Å². The van der Waals surface area contributed by atoms with E-state index in [9.17, 15) is 4.79 Å². The number of rotatable bonds is 6. The van der Waals surface area contributed by atoms with Crippen LogP contribution >= 0.6 is 11.3 Å². The lowest BCUT2D eigenvalue weighted by molar-refractivity contribution is -0.116. The molecule has 2 aromatic heterocycles. The molecule has 4 nitrogen and oxygen atoms in total. The van der Waals surface area contributed by atoms with Crippen molar-refractivity contribution in [3.63, 3.8) is 0 Å². The van der Waals surface area contributed by atoms with Gasteiger partial charge < -0.3 is 9.73 Å². The van der Waals surface area contributed by atoms with E-state index in [1.807, 2.05) is 12.1 Å². The third-order valence-electron chi connectivity index (χ3n) is 4.54. The molecule has 1 saturated heterocycles. The Morgan fingerprint density at radius 2 is 2.25 bits per heavy atom. The zero-order valence-corrected chi connectivity index (χ0v) is 14.8. The highest BCUT2D eigenvalue weighted by atomic mass is 32.1. The van der Waals surface area contributed by atoms with Crippen LogP contribution in [-0.4, -0.2) is 30.4 Å². The van der Waals surface area contributed by atoms with Gasteiger partial charge in [0, 0.05) is 17.5 Å². The Kier molecular flexibility index (Phi) is 5.88. The standard InChI is InChI=1S/C19H24N2O2S/c1-15-8-10-21(11-9-15)17(18-5-3-13-24-18)14-20-19(22)7-6-16-4-2-12-23-16/h2-7,12-13,15,17H,8-11,14H2,1H3,(H,20,22). The number of carbonyl (C=O) groups excluding carboxylic acids is 1. The summed E-state index contributed by atoms with van der Waals surface area (Å²) in [5, 5.41) is 5.14. The second kappa shape index (κ2) is 8.31. The second-order valence-corrected chi connectivity index (χ2v) is 7.32. The Morgan fingerprint density at radius 3 is 2.92 bits per heavy atom. The maximum absolute atomic E-state index is 12.1. The summed E-state index contributed by atoms with van der Waals surface area (Å²) in [4.78, 5) is 15.9. The van der Waals surface area contributed by atoms with Crippen LogP contribution < -0.4 is 5.32 Å². The van der Waals surface area contributed by atoms with Crippen LogP contribution in [0.25, 0.3) is 6.08 Å². The van der Waals surface area contributed by atoms with Gasteiger partial charge in [-0.2, -0.15) is 0 Å². The molecule has 1 atom stereocenters. The Hall–Kier alpha value is -1.85. The van der Waals surface area contributed by atoms with Crippen LogP contribution in [0.15, 0.2) is 46.4 Å². The molecule has 2 aromatic rings. The number of thiophene rings is 1. The summed E-state index contributed by atoms with van der Waals surface area (Å²) in [6, 6.07) is 8.14. The van der Waals surface area contributed by atoms with E-state index in [0.717, 1.165) is 19.0 Å². The molecule has 0 saturated carbocycles. The molecule has 1 amide bonds. The molecule has 5 heteroatoms. The number of nitrogens with one attached hydrogen (secondary N) is 1.